The lowest BCUT2D eigenvalue weighted by molar-refractivity contribution is -0.132. The zero-order valence-corrected chi connectivity index (χ0v) is 26.0. The van der Waals surface area contributed by atoms with Crippen molar-refractivity contribution < 1.29 is 18.0 Å². The highest BCUT2D eigenvalue weighted by atomic mass is 32.2. The van der Waals surface area contributed by atoms with Crippen LogP contribution in [-0.2, 0) is 32.6 Å². The summed E-state index contributed by atoms with van der Waals surface area (Å²) in [5, 5.41) is 5.87. The molecule has 0 unspecified atom stereocenters. The van der Waals surface area contributed by atoms with Gasteiger partial charge in [0, 0.05) is 32.7 Å². The number of piperazine rings is 1. The molecule has 0 spiro atoms. The molecule has 2 N–H and O–H groups in total. The smallest absolute Gasteiger partial charge is 0.243 e. The average molecular weight is 613 g/mol. The fourth-order valence-electron chi connectivity index (χ4n) is 6.57. The van der Waals surface area contributed by atoms with Crippen LogP contribution in [0.2, 0.25) is 0 Å². The number of nitrogens with one attached hydrogen (secondary N) is 2. The van der Waals surface area contributed by atoms with Gasteiger partial charge < -0.3 is 10.6 Å². The molecular formula is C35H40N4O4S. The lowest BCUT2D eigenvalue weighted by Gasteiger charge is -2.34. The molecule has 1 aliphatic carbocycles. The van der Waals surface area contributed by atoms with Crippen molar-refractivity contribution in [3.63, 3.8) is 0 Å². The maximum absolute atomic E-state index is 13.5. The summed E-state index contributed by atoms with van der Waals surface area (Å²) in [6, 6.07) is 22.4. The fourth-order valence-corrected chi connectivity index (χ4v) is 8.16. The first-order chi connectivity index (χ1) is 21.3. The number of carbonyl (C=O) groups excluding carboxylic acids is 2. The van der Waals surface area contributed by atoms with E-state index < -0.39 is 22.0 Å². The molecule has 0 aromatic heterocycles. The predicted octanol–water partition coefficient (Wildman–Crippen LogP) is 4.36. The first kappa shape index (κ1) is 30.2. The van der Waals surface area contributed by atoms with E-state index >= 15 is 0 Å². The number of sulfonamides is 1. The zero-order chi connectivity index (χ0) is 30.7. The molecule has 1 fully saturated rings. The molecule has 3 aromatic carbocycles. The summed E-state index contributed by atoms with van der Waals surface area (Å²) in [5.74, 6) is -0.773. The Morgan fingerprint density at radius 2 is 1.80 bits per heavy atom. The number of fused-ring (bicyclic) bond motifs is 1. The Morgan fingerprint density at radius 3 is 2.55 bits per heavy atom. The molecule has 0 bridgehead atoms. The minimum Gasteiger partial charge on any atom is -0.353 e. The van der Waals surface area contributed by atoms with Crippen LogP contribution in [0.15, 0.2) is 83.8 Å². The maximum atomic E-state index is 13.5. The van der Waals surface area contributed by atoms with Crippen LogP contribution in [-0.4, -0.2) is 61.7 Å². The zero-order valence-electron chi connectivity index (χ0n) is 25.2. The molecule has 1 saturated heterocycles. The molecule has 9 heteroatoms. The molecule has 2 amide bonds. The minimum absolute atomic E-state index is 0.120. The van der Waals surface area contributed by atoms with Crippen LogP contribution in [0.3, 0.4) is 0 Å². The Balaban J connectivity index is 1.12. The topological polar surface area (TPSA) is 98.8 Å². The van der Waals surface area contributed by atoms with Gasteiger partial charge in [0.2, 0.25) is 21.8 Å². The summed E-state index contributed by atoms with van der Waals surface area (Å²) in [6.45, 7) is 5.11. The van der Waals surface area contributed by atoms with E-state index in [1.807, 2.05) is 13.0 Å². The lowest BCUT2D eigenvalue weighted by atomic mass is 9.85. The van der Waals surface area contributed by atoms with Crippen LogP contribution >= 0.6 is 0 Å². The Bertz CT molecular complexity index is 1650. The van der Waals surface area contributed by atoms with Crippen LogP contribution in [0, 0.1) is 6.92 Å². The van der Waals surface area contributed by atoms with Gasteiger partial charge in [0.25, 0.3) is 0 Å². The van der Waals surface area contributed by atoms with Crippen molar-refractivity contribution in [3.8, 4) is 0 Å². The quantitative estimate of drug-likeness (QED) is 0.394. The largest absolute Gasteiger partial charge is 0.353 e. The van der Waals surface area contributed by atoms with Gasteiger partial charge in [-0.05, 0) is 72.6 Å². The van der Waals surface area contributed by atoms with E-state index in [1.54, 1.807) is 24.3 Å². The first-order valence-electron chi connectivity index (χ1n) is 15.5. The second-order valence-electron chi connectivity index (χ2n) is 12.1. The van der Waals surface area contributed by atoms with E-state index in [-0.39, 0.29) is 36.4 Å². The highest BCUT2D eigenvalue weighted by Crippen LogP contribution is 2.34. The van der Waals surface area contributed by atoms with E-state index in [0.29, 0.717) is 0 Å². The molecule has 0 radical (unpaired) electrons. The SMILES string of the molecule is Cc1ccc(S(=O)(=O)N2CCNC(=O)[C@H]2CC(=O)N[C@@H]2CCCc3cc(C4=CCN(Cc5ccccc5)CC4)ccc32)cc1. The molecule has 0 saturated carbocycles. The third-order valence-corrected chi connectivity index (χ3v) is 10.9. The van der Waals surface area contributed by atoms with E-state index in [9.17, 15) is 18.0 Å². The number of rotatable bonds is 8. The van der Waals surface area contributed by atoms with E-state index in [2.05, 4.69) is 64.1 Å². The third kappa shape index (κ3) is 6.65. The molecule has 8 nitrogen and oxygen atoms in total. The van der Waals surface area contributed by atoms with Crippen molar-refractivity contribution in [2.24, 2.45) is 0 Å². The molecule has 230 valence electrons. The Kier molecular flexibility index (Phi) is 8.98. The van der Waals surface area contributed by atoms with Crippen LogP contribution in [0.5, 0.6) is 0 Å². The Labute approximate surface area is 260 Å². The predicted molar refractivity (Wildman–Crippen MR) is 171 cm³/mol. The van der Waals surface area contributed by atoms with Crippen molar-refractivity contribution >= 4 is 27.4 Å². The summed E-state index contributed by atoms with van der Waals surface area (Å²) in [4.78, 5) is 28.8. The van der Waals surface area contributed by atoms with Crippen molar-refractivity contribution in [1.29, 1.82) is 0 Å². The second-order valence-corrected chi connectivity index (χ2v) is 14.0. The maximum Gasteiger partial charge on any atom is 0.243 e. The highest BCUT2D eigenvalue weighted by molar-refractivity contribution is 7.89. The van der Waals surface area contributed by atoms with Gasteiger partial charge in [-0.1, -0.05) is 72.3 Å². The molecule has 3 aliphatic rings. The number of hydrogen-bond donors (Lipinski definition) is 2. The highest BCUT2D eigenvalue weighted by Gasteiger charge is 2.40. The molecule has 44 heavy (non-hydrogen) atoms. The number of hydrogen-bond acceptors (Lipinski definition) is 5. The summed E-state index contributed by atoms with van der Waals surface area (Å²) >= 11 is 0. The number of nitrogens with zero attached hydrogens (tertiary/aromatic N) is 2. The molecule has 6 rings (SSSR count). The number of benzene rings is 3. The summed E-state index contributed by atoms with van der Waals surface area (Å²) in [5.41, 5.74) is 7.22. The van der Waals surface area contributed by atoms with E-state index in [4.69, 9.17) is 0 Å². The summed E-state index contributed by atoms with van der Waals surface area (Å²) in [7, 11) is -3.94. The Hall–Kier alpha value is -3.79. The molecular weight excluding hydrogens is 572 g/mol. The average Bonchev–Trinajstić information content (AvgIpc) is 3.03. The van der Waals surface area contributed by atoms with Gasteiger partial charge in [0.1, 0.15) is 6.04 Å². The van der Waals surface area contributed by atoms with Gasteiger partial charge in [0.05, 0.1) is 17.4 Å². The van der Waals surface area contributed by atoms with Gasteiger partial charge >= 0.3 is 0 Å². The monoisotopic (exact) mass is 612 g/mol. The van der Waals surface area contributed by atoms with Gasteiger partial charge in [-0.15, -0.1) is 0 Å². The standard InChI is InChI=1S/C35H40N4O4S/c1-25-10-13-30(14-11-25)44(42,43)39-21-18-36-35(41)33(39)23-34(40)37-32-9-5-8-29-22-28(12-15-31(29)32)27-16-19-38(20-17-27)24-26-6-3-2-4-7-26/h2-4,6-7,10-16,22,32-33H,5,8-9,17-21,23-24H2,1H3,(H,36,41)(H,37,40)/t32-,33-/m1/s1. The number of carbonyl (C=O) groups is 2. The normalized spacial score (nSPS) is 21.2. The van der Waals surface area contributed by atoms with Crippen LogP contribution < -0.4 is 10.6 Å². The number of amides is 2. The van der Waals surface area contributed by atoms with Gasteiger partial charge in [-0.2, -0.15) is 4.31 Å². The number of aryl methyl sites for hydroxylation is 2. The van der Waals surface area contributed by atoms with Crippen LogP contribution in [0.4, 0.5) is 0 Å². The van der Waals surface area contributed by atoms with Crippen molar-refractivity contribution in [2.45, 2.75) is 62.6 Å². The molecule has 2 aliphatic heterocycles. The van der Waals surface area contributed by atoms with E-state index in [1.165, 1.54) is 26.6 Å². The molecule has 2 atom stereocenters. The Morgan fingerprint density at radius 1 is 1.00 bits per heavy atom. The first-order valence-corrected chi connectivity index (χ1v) is 17.0. The van der Waals surface area contributed by atoms with Crippen molar-refractivity contribution in [3.05, 3.63) is 107 Å². The van der Waals surface area contributed by atoms with Crippen molar-refractivity contribution in [1.82, 2.24) is 19.8 Å². The molecule has 2 heterocycles. The minimum atomic E-state index is -3.94. The van der Waals surface area contributed by atoms with Gasteiger partial charge in [-0.3, -0.25) is 14.5 Å². The fraction of sp³-hybridized carbons (Fsp3) is 0.371. The van der Waals surface area contributed by atoms with Crippen molar-refractivity contribution in [2.75, 3.05) is 26.2 Å². The summed E-state index contributed by atoms with van der Waals surface area (Å²) < 4.78 is 28.1. The van der Waals surface area contributed by atoms with Crippen LogP contribution in [0.25, 0.3) is 5.57 Å². The third-order valence-electron chi connectivity index (χ3n) is 8.99. The summed E-state index contributed by atoms with van der Waals surface area (Å²) in [6.07, 6.45) is 5.81. The molecule has 3 aromatic rings. The van der Waals surface area contributed by atoms with E-state index in [0.717, 1.165) is 56.4 Å². The lowest BCUT2D eigenvalue weighted by Crippen LogP contribution is -2.58. The van der Waals surface area contributed by atoms with Crippen LogP contribution in [0.1, 0.15) is 59.5 Å². The second kappa shape index (κ2) is 13.1. The van der Waals surface area contributed by atoms with Gasteiger partial charge in [0.15, 0.2) is 0 Å². The van der Waals surface area contributed by atoms with Gasteiger partial charge in [-0.25, -0.2) is 8.42 Å².